The fraction of sp³-hybridized carbons (Fsp3) is 1.00. The van der Waals surface area contributed by atoms with Crippen LogP contribution in [0.5, 0.6) is 0 Å². The molecule has 0 amide bonds. The number of halogens is 3. The highest BCUT2D eigenvalue weighted by molar-refractivity contribution is 5.03. The maximum atomic E-state index is 12.6. The second-order valence-electron chi connectivity index (χ2n) is 6.92. The minimum atomic E-state index is -4.03. The van der Waals surface area contributed by atoms with Crippen molar-refractivity contribution in [2.75, 3.05) is 19.6 Å². The lowest BCUT2D eigenvalue weighted by molar-refractivity contribution is -0.144. The van der Waals surface area contributed by atoms with Crippen LogP contribution in [0.2, 0.25) is 0 Å². The summed E-state index contributed by atoms with van der Waals surface area (Å²) in [6.45, 7) is 1.90. The molecular weight excluding hydrogens is 265 g/mol. The van der Waals surface area contributed by atoms with Crippen molar-refractivity contribution in [2.24, 2.45) is 5.92 Å². The first-order valence-electron chi connectivity index (χ1n) is 8.04. The quantitative estimate of drug-likeness (QED) is 0.857. The van der Waals surface area contributed by atoms with Crippen LogP contribution in [0.4, 0.5) is 13.2 Å². The van der Waals surface area contributed by atoms with Crippen LogP contribution in [0, 0.1) is 5.92 Å². The van der Waals surface area contributed by atoms with Gasteiger partial charge in [-0.15, -0.1) is 0 Å². The first-order chi connectivity index (χ1) is 9.49. The summed E-state index contributed by atoms with van der Waals surface area (Å²) >= 11 is 0. The predicted octanol–water partition coefficient (Wildman–Crippen LogP) is 3.33. The minimum Gasteiger partial charge on any atom is -0.311 e. The number of hydrogen-bond donors (Lipinski definition) is 1. The Labute approximate surface area is 119 Å². The Bertz CT molecular complexity index is 333. The lowest BCUT2D eigenvalue weighted by Crippen LogP contribution is -2.66. The SMILES string of the molecule is FC(F)(F)CCN1CC(C2CC2)NCC12CCCCC2. The Morgan fingerprint density at radius 2 is 1.80 bits per heavy atom. The van der Waals surface area contributed by atoms with Gasteiger partial charge in [-0.1, -0.05) is 19.3 Å². The summed E-state index contributed by atoms with van der Waals surface area (Å²) in [7, 11) is 0. The van der Waals surface area contributed by atoms with Crippen molar-refractivity contribution in [3.05, 3.63) is 0 Å². The fourth-order valence-electron chi connectivity index (χ4n) is 4.04. The molecule has 1 saturated heterocycles. The van der Waals surface area contributed by atoms with Crippen molar-refractivity contribution in [3.63, 3.8) is 0 Å². The molecule has 3 rings (SSSR count). The van der Waals surface area contributed by atoms with E-state index >= 15 is 0 Å². The Kier molecular flexibility index (Phi) is 4.01. The summed E-state index contributed by atoms with van der Waals surface area (Å²) in [5, 5.41) is 3.65. The zero-order chi connectivity index (χ0) is 14.2. The summed E-state index contributed by atoms with van der Waals surface area (Å²) in [5.41, 5.74) is 0.00882. The van der Waals surface area contributed by atoms with Gasteiger partial charge in [0.1, 0.15) is 0 Å². The molecule has 0 aromatic heterocycles. The first kappa shape index (κ1) is 14.6. The molecule has 5 heteroatoms. The maximum absolute atomic E-state index is 12.6. The van der Waals surface area contributed by atoms with E-state index in [1.807, 2.05) is 0 Å². The topological polar surface area (TPSA) is 15.3 Å². The summed E-state index contributed by atoms with van der Waals surface area (Å²) in [6.07, 6.45) is 3.50. The third-order valence-corrected chi connectivity index (χ3v) is 5.42. The standard InChI is InChI=1S/C15H25F3N2/c16-15(17,18)8-9-20-10-13(12-4-5-12)19-11-14(20)6-2-1-3-7-14/h12-13,19H,1-11H2. The van der Waals surface area contributed by atoms with Crippen LogP contribution in [0.25, 0.3) is 0 Å². The van der Waals surface area contributed by atoms with Gasteiger partial charge < -0.3 is 5.32 Å². The van der Waals surface area contributed by atoms with Crippen LogP contribution in [0.1, 0.15) is 51.4 Å². The van der Waals surface area contributed by atoms with Crippen molar-refractivity contribution in [2.45, 2.75) is 69.1 Å². The second-order valence-corrected chi connectivity index (χ2v) is 6.92. The molecule has 2 nitrogen and oxygen atoms in total. The second kappa shape index (κ2) is 5.48. The smallest absolute Gasteiger partial charge is 0.311 e. The van der Waals surface area contributed by atoms with Crippen LogP contribution in [-0.2, 0) is 0 Å². The average molecular weight is 290 g/mol. The Morgan fingerprint density at radius 3 is 2.40 bits per heavy atom. The Morgan fingerprint density at radius 1 is 1.10 bits per heavy atom. The molecule has 3 fully saturated rings. The van der Waals surface area contributed by atoms with Crippen LogP contribution in [0.3, 0.4) is 0 Å². The monoisotopic (exact) mass is 290 g/mol. The molecule has 0 radical (unpaired) electrons. The number of piperazine rings is 1. The van der Waals surface area contributed by atoms with Gasteiger partial charge in [0.25, 0.3) is 0 Å². The van der Waals surface area contributed by atoms with Gasteiger partial charge in [0.2, 0.25) is 0 Å². The van der Waals surface area contributed by atoms with Crippen molar-refractivity contribution >= 4 is 0 Å². The lowest BCUT2D eigenvalue weighted by Gasteiger charge is -2.52. The van der Waals surface area contributed by atoms with E-state index in [-0.39, 0.29) is 12.1 Å². The van der Waals surface area contributed by atoms with E-state index in [2.05, 4.69) is 10.2 Å². The van der Waals surface area contributed by atoms with Crippen LogP contribution < -0.4 is 5.32 Å². The van der Waals surface area contributed by atoms with Crippen molar-refractivity contribution in [1.29, 1.82) is 0 Å². The zero-order valence-corrected chi connectivity index (χ0v) is 12.0. The summed E-state index contributed by atoms with van der Waals surface area (Å²) in [5.74, 6) is 0.712. The molecule has 0 aromatic rings. The van der Waals surface area contributed by atoms with Gasteiger partial charge in [-0.2, -0.15) is 13.2 Å². The Balaban J connectivity index is 1.67. The van der Waals surface area contributed by atoms with E-state index in [1.54, 1.807) is 0 Å². The lowest BCUT2D eigenvalue weighted by atomic mass is 9.78. The highest BCUT2D eigenvalue weighted by Gasteiger charge is 2.46. The average Bonchev–Trinajstić information content (AvgIpc) is 3.22. The molecule has 2 aliphatic carbocycles. The molecule has 116 valence electrons. The van der Waals surface area contributed by atoms with Gasteiger partial charge in [-0.05, 0) is 31.6 Å². The molecule has 3 aliphatic rings. The summed E-state index contributed by atoms with van der Waals surface area (Å²) < 4.78 is 37.8. The number of alkyl halides is 3. The fourth-order valence-corrected chi connectivity index (χ4v) is 4.04. The summed E-state index contributed by atoms with van der Waals surface area (Å²) in [6, 6.07) is 0.427. The minimum absolute atomic E-state index is 0.00882. The number of nitrogens with zero attached hydrogens (tertiary/aromatic N) is 1. The zero-order valence-electron chi connectivity index (χ0n) is 12.0. The molecule has 1 heterocycles. The van der Waals surface area contributed by atoms with Crippen LogP contribution >= 0.6 is 0 Å². The molecule has 1 unspecified atom stereocenters. The molecule has 1 atom stereocenters. The predicted molar refractivity (Wildman–Crippen MR) is 72.6 cm³/mol. The van der Waals surface area contributed by atoms with E-state index in [1.165, 1.54) is 19.3 Å². The third-order valence-electron chi connectivity index (χ3n) is 5.42. The van der Waals surface area contributed by atoms with Gasteiger partial charge in [-0.25, -0.2) is 0 Å². The van der Waals surface area contributed by atoms with E-state index < -0.39 is 12.6 Å². The van der Waals surface area contributed by atoms with Crippen molar-refractivity contribution in [3.8, 4) is 0 Å². The molecule has 0 bridgehead atoms. The molecular formula is C15H25F3N2. The highest BCUT2D eigenvalue weighted by atomic mass is 19.4. The number of nitrogens with one attached hydrogen (secondary N) is 1. The highest BCUT2D eigenvalue weighted by Crippen LogP contribution is 2.40. The molecule has 1 spiro atoms. The molecule has 1 aliphatic heterocycles. The molecule has 20 heavy (non-hydrogen) atoms. The van der Waals surface area contributed by atoms with Crippen LogP contribution in [0.15, 0.2) is 0 Å². The first-order valence-corrected chi connectivity index (χ1v) is 8.04. The largest absolute Gasteiger partial charge is 0.390 e. The number of rotatable bonds is 3. The maximum Gasteiger partial charge on any atom is 0.390 e. The number of hydrogen-bond acceptors (Lipinski definition) is 2. The molecule has 0 aromatic carbocycles. The van der Waals surface area contributed by atoms with Crippen molar-refractivity contribution in [1.82, 2.24) is 10.2 Å². The van der Waals surface area contributed by atoms with Gasteiger partial charge in [0, 0.05) is 31.2 Å². The normalized spacial score (nSPS) is 31.6. The van der Waals surface area contributed by atoms with Gasteiger partial charge in [0.05, 0.1) is 6.42 Å². The molecule has 1 N–H and O–H groups in total. The van der Waals surface area contributed by atoms with E-state index in [4.69, 9.17) is 0 Å². The van der Waals surface area contributed by atoms with E-state index in [0.29, 0.717) is 12.0 Å². The van der Waals surface area contributed by atoms with Gasteiger partial charge in [0.15, 0.2) is 0 Å². The van der Waals surface area contributed by atoms with E-state index in [0.717, 1.165) is 38.8 Å². The Hall–Kier alpha value is -0.290. The third kappa shape index (κ3) is 3.30. The van der Waals surface area contributed by atoms with Gasteiger partial charge >= 0.3 is 6.18 Å². The van der Waals surface area contributed by atoms with Gasteiger partial charge in [-0.3, -0.25) is 4.90 Å². The van der Waals surface area contributed by atoms with Crippen molar-refractivity contribution < 1.29 is 13.2 Å². The molecule has 2 saturated carbocycles. The summed E-state index contributed by atoms with van der Waals surface area (Å²) in [4.78, 5) is 2.19. The van der Waals surface area contributed by atoms with E-state index in [9.17, 15) is 13.2 Å². The van der Waals surface area contributed by atoms with Crippen LogP contribution in [-0.4, -0.2) is 42.3 Å².